The highest BCUT2D eigenvalue weighted by Gasteiger charge is 2.13. The lowest BCUT2D eigenvalue weighted by molar-refractivity contribution is -0.384. The van der Waals surface area contributed by atoms with Gasteiger partial charge in [-0.05, 0) is 0 Å². The molecule has 0 saturated carbocycles. The molecule has 1 amide bonds. The Kier molecular flexibility index (Phi) is 3.37. The number of imidazole rings is 1. The number of aromatic amines is 2. The quantitative estimate of drug-likeness (QED) is 0.531. The van der Waals surface area contributed by atoms with Gasteiger partial charge in [-0.2, -0.15) is 0 Å². The third kappa shape index (κ3) is 2.73. The minimum atomic E-state index is -0.558. The van der Waals surface area contributed by atoms with Crippen LogP contribution in [0.4, 0.5) is 5.69 Å². The van der Waals surface area contributed by atoms with E-state index in [0.717, 1.165) is 5.69 Å². The molecule has 0 aromatic carbocycles. The van der Waals surface area contributed by atoms with Gasteiger partial charge >= 0.3 is 0 Å². The Morgan fingerprint density at radius 1 is 1.50 bits per heavy atom. The summed E-state index contributed by atoms with van der Waals surface area (Å²) in [5.74, 6) is -0.373. The Labute approximate surface area is 102 Å². The number of nitro groups is 1. The van der Waals surface area contributed by atoms with Crippen LogP contribution >= 0.6 is 0 Å². The number of nitrogens with zero attached hydrogens (tertiary/aromatic N) is 2. The van der Waals surface area contributed by atoms with Gasteiger partial charge in [-0.25, -0.2) is 4.98 Å². The van der Waals surface area contributed by atoms with Crippen molar-refractivity contribution < 1.29 is 9.72 Å². The van der Waals surface area contributed by atoms with Gasteiger partial charge in [-0.15, -0.1) is 0 Å². The second-order valence-corrected chi connectivity index (χ2v) is 3.61. The standard InChI is InChI=1S/C10H11N5O3/c16-10(9-3-8(5-13-9)15(17)18)12-2-1-7-4-11-6-14-7/h3-6,13H,1-2H2,(H,11,14)(H,12,16). The predicted molar refractivity (Wildman–Crippen MR) is 62.1 cm³/mol. The molecule has 0 saturated heterocycles. The zero-order valence-corrected chi connectivity index (χ0v) is 9.34. The minimum absolute atomic E-state index is 0.131. The van der Waals surface area contributed by atoms with E-state index in [2.05, 4.69) is 20.3 Å². The molecule has 2 aromatic heterocycles. The molecule has 2 aromatic rings. The molecule has 0 unspecified atom stereocenters. The van der Waals surface area contributed by atoms with Crippen LogP contribution in [-0.2, 0) is 6.42 Å². The number of H-pyrrole nitrogens is 2. The normalized spacial score (nSPS) is 10.2. The van der Waals surface area contributed by atoms with E-state index in [9.17, 15) is 14.9 Å². The third-order valence-corrected chi connectivity index (χ3v) is 2.36. The highest BCUT2D eigenvalue weighted by molar-refractivity contribution is 5.93. The van der Waals surface area contributed by atoms with Gasteiger partial charge in [0.2, 0.25) is 0 Å². The summed E-state index contributed by atoms with van der Waals surface area (Å²) in [6.07, 6.45) is 5.04. The molecule has 94 valence electrons. The molecule has 0 aliphatic rings. The van der Waals surface area contributed by atoms with Crippen LogP contribution in [0.1, 0.15) is 16.2 Å². The van der Waals surface area contributed by atoms with Gasteiger partial charge in [0.15, 0.2) is 0 Å². The van der Waals surface area contributed by atoms with Crippen molar-refractivity contribution in [2.24, 2.45) is 0 Å². The van der Waals surface area contributed by atoms with Crippen LogP contribution in [0.15, 0.2) is 24.8 Å². The Hall–Kier alpha value is -2.64. The first kappa shape index (κ1) is 11.8. The summed E-state index contributed by atoms with van der Waals surface area (Å²) in [5.41, 5.74) is 0.952. The Balaban J connectivity index is 1.85. The summed E-state index contributed by atoms with van der Waals surface area (Å²) in [7, 11) is 0. The maximum absolute atomic E-state index is 11.6. The van der Waals surface area contributed by atoms with Gasteiger partial charge in [-0.3, -0.25) is 14.9 Å². The molecule has 0 radical (unpaired) electrons. The van der Waals surface area contributed by atoms with Crippen LogP contribution in [0.2, 0.25) is 0 Å². The van der Waals surface area contributed by atoms with E-state index in [1.54, 1.807) is 12.5 Å². The second-order valence-electron chi connectivity index (χ2n) is 3.61. The zero-order valence-electron chi connectivity index (χ0n) is 9.34. The van der Waals surface area contributed by atoms with Gasteiger partial charge < -0.3 is 15.3 Å². The van der Waals surface area contributed by atoms with Gasteiger partial charge in [0.25, 0.3) is 11.6 Å². The lowest BCUT2D eigenvalue weighted by Crippen LogP contribution is -2.26. The predicted octanol–water partition coefficient (Wildman–Crippen LogP) is 0.618. The number of hydrogen-bond donors (Lipinski definition) is 3. The molecule has 0 aliphatic heterocycles. The molecule has 2 heterocycles. The van der Waals surface area contributed by atoms with Crippen molar-refractivity contribution >= 4 is 11.6 Å². The highest BCUT2D eigenvalue weighted by Crippen LogP contribution is 2.11. The third-order valence-electron chi connectivity index (χ3n) is 2.36. The van der Waals surface area contributed by atoms with Crippen LogP contribution in [0, 0.1) is 10.1 Å². The molecule has 8 nitrogen and oxygen atoms in total. The van der Waals surface area contributed by atoms with E-state index in [1.165, 1.54) is 12.3 Å². The Morgan fingerprint density at radius 3 is 2.94 bits per heavy atom. The van der Waals surface area contributed by atoms with Gasteiger partial charge in [0.05, 0.1) is 17.4 Å². The van der Waals surface area contributed by atoms with E-state index in [-0.39, 0.29) is 17.3 Å². The summed E-state index contributed by atoms with van der Waals surface area (Å²) in [4.78, 5) is 30.8. The summed E-state index contributed by atoms with van der Waals surface area (Å²) in [6, 6.07) is 1.20. The van der Waals surface area contributed by atoms with Crippen LogP contribution in [-0.4, -0.2) is 32.3 Å². The fourth-order valence-corrected chi connectivity index (χ4v) is 1.45. The van der Waals surface area contributed by atoms with Gasteiger partial charge in [0, 0.05) is 30.9 Å². The first-order chi connectivity index (χ1) is 8.66. The lowest BCUT2D eigenvalue weighted by atomic mass is 10.3. The first-order valence-corrected chi connectivity index (χ1v) is 5.25. The fraction of sp³-hybridized carbons (Fsp3) is 0.200. The van der Waals surface area contributed by atoms with Crippen molar-refractivity contribution in [1.82, 2.24) is 20.3 Å². The summed E-state index contributed by atoms with van der Waals surface area (Å²) in [6.45, 7) is 0.424. The number of hydrogen-bond acceptors (Lipinski definition) is 4. The number of aromatic nitrogens is 3. The van der Waals surface area contributed by atoms with E-state index in [0.29, 0.717) is 13.0 Å². The van der Waals surface area contributed by atoms with Crippen LogP contribution < -0.4 is 5.32 Å². The number of carbonyl (C=O) groups is 1. The van der Waals surface area contributed by atoms with E-state index < -0.39 is 4.92 Å². The van der Waals surface area contributed by atoms with E-state index in [1.807, 2.05) is 0 Å². The van der Waals surface area contributed by atoms with Crippen LogP contribution in [0.3, 0.4) is 0 Å². The molecule has 8 heteroatoms. The molecule has 3 N–H and O–H groups in total. The average molecular weight is 249 g/mol. The van der Waals surface area contributed by atoms with Crippen molar-refractivity contribution in [3.8, 4) is 0 Å². The maximum atomic E-state index is 11.6. The molecule has 0 aliphatic carbocycles. The smallest absolute Gasteiger partial charge is 0.287 e. The Bertz CT molecular complexity index is 546. The van der Waals surface area contributed by atoms with E-state index in [4.69, 9.17) is 0 Å². The topological polar surface area (TPSA) is 117 Å². The zero-order chi connectivity index (χ0) is 13.0. The van der Waals surface area contributed by atoms with Crippen molar-refractivity contribution in [2.45, 2.75) is 6.42 Å². The number of carbonyl (C=O) groups excluding carboxylic acids is 1. The highest BCUT2D eigenvalue weighted by atomic mass is 16.6. The SMILES string of the molecule is O=C(NCCc1cnc[nH]1)c1cc([N+](=O)[O-])c[nH]1. The van der Waals surface area contributed by atoms with E-state index >= 15 is 0 Å². The summed E-state index contributed by atoms with van der Waals surface area (Å²) >= 11 is 0. The lowest BCUT2D eigenvalue weighted by Gasteiger charge is -2.01. The summed E-state index contributed by atoms with van der Waals surface area (Å²) in [5, 5.41) is 13.1. The number of amides is 1. The number of rotatable bonds is 5. The van der Waals surface area contributed by atoms with Gasteiger partial charge in [0.1, 0.15) is 5.69 Å². The second kappa shape index (κ2) is 5.13. The van der Waals surface area contributed by atoms with Crippen LogP contribution in [0.5, 0.6) is 0 Å². The largest absolute Gasteiger partial charge is 0.351 e. The molecular formula is C10H11N5O3. The number of nitrogens with one attached hydrogen (secondary N) is 3. The Morgan fingerprint density at radius 2 is 2.33 bits per heavy atom. The minimum Gasteiger partial charge on any atom is -0.351 e. The molecule has 0 atom stereocenters. The fourth-order valence-electron chi connectivity index (χ4n) is 1.45. The first-order valence-electron chi connectivity index (χ1n) is 5.25. The monoisotopic (exact) mass is 249 g/mol. The van der Waals surface area contributed by atoms with Gasteiger partial charge in [-0.1, -0.05) is 0 Å². The average Bonchev–Trinajstić information content (AvgIpc) is 2.99. The summed E-state index contributed by atoms with van der Waals surface area (Å²) < 4.78 is 0. The molecule has 0 bridgehead atoms. The molecule has 18 heavy (non-hydrogen) atoms. The molecular weight excluding hydrogens is 238 g/mol. The van der Waals surface area contributed by atoms with Crippen molar-refractivity contribution in [2.75, 3.05) is 6.54 Å². The van der Waals surface area contributed by atoms with Crippen molar-refractivity contribution in [1.29, 1.82) is 0 Å². The van der Waals surface area contributed by atoms with Crippen molar-refractivity contribution in [3.05, 3.63) is 46.3 Å². The van der Waals surface area contributed by atoms with Crippen molar-refractivity contribution in [3.63, 3.8) is 0 Å². The molecule has 0 fully saturated rings. The maximum Gasteiger partial charge on any atom is 0.287 e. The molecule has 0 spiro atoms. The molecule has 2 rings (SSSR count). The van der Waals surface area contributed by atoms with Crippen LogP contribution in [0.25, 0.3) is 0 Å².